The van der Waals surface area contributed by atoms with Gasteiger partial charge in [-0.2, -0.15) is 0 Å². The summed E-state index contributed by atoms with van der Waals surface area (Å²) >= 11 is 6.14. The fraction of sp³-hybridized carbons (Fsp3) is 0.406. The monoisotopic (exact) mass is 575 g/mol. The van der Waals surface area contributed by atoms with E-state index in [1.54, 1.807) is 37.3 Å². The minimum Gasteiger partial charge on any atom is -0.495 e. The summed E-state index contributed by atoms with van der Waals surface area (Å²) in [5.74, 6) is 0.555. The Labute approximate surface area is 247 Å². The van der Waals surface area contributed by atoms with Crippen molar-refractivity contribution < 1.29 is 14.3 Å². The SMILES string of the molecule is COc1ccc(Cl)cc1NC(=O)N(C)C1CCc2ccc(C(=O)N(C)C3CCN(c4cc(C)nc(C)c4)CC3)cc21. The fourth-order valence-electron chi connectivity index (χ4n) is 6.11. The highest BCUT2D eigenvalue weighted by Gasteiger charge is 2.32. The minimum atomic E-state index is -0.261. The van der Waals surface area contributed by atoms with Crippen LogP contribution in [0.1, 0.15) is 58.2 Å². The summed E-state index contributed by atoms with van der Waals surface area (Å²) in [5, 5.41) is 3.43. The predicted octanol–water partition coefficient (Wildman–Crippen LogP) is 6.25. The molecule has 9 heteroatoms. The Kier molecular flexibility index (Phi) is 8.40. The maximum Gasteiger partial charge on any atom is 0.322 e. The van der Waals surface area contributed by atoms with Crippen LogP contribution in [0.25, 0.3) is 0 Å². The predicted molar refractivity (Wildman–Crippen MR) is 163 cm³/mol. The number of rotatable bonds is 6. The Balaban J connectivity index is 1.25. The van der Waals surface area contributed by atoms with Crippen LogP contribution in [0.5, 0.6) is 5.75 Å². The number of fused-ring (bicyclic) bond motifs is 1. The van der Waals surface area contributed by atoms with Crippen LogP contribution in [0.15, 0.2) is 48.5 Å². The molecule has 1 unspecified atom stereocenters. The van der Waals surface area contributed by atoms with Crippen LogP contribution in [0, 0.1) is 13.8 Å². The molecular formula is C32H38ClN5O3. The highest BCUT2D eigenvalue weighted by Crippen LogP contribution is 2.37. The number of halogens is 1. The fourth-order valence-corrected chi connectivity index (χ4v) is 6.29. The van der Waals surface area contributed by atoms with Gasteiger partial charge in [0.15, 0.2) is 0 Å². The summed E-state index contributed by atoms with van der Waals surface area (Å²) in [6.07, 6.45) is 3.47. The maximum atomic E-state index is 13.6. The lowest BCUT2D eigenvalue weighted by Crippen LogP contribution is -2.45. The second kappa shape index (κ2) is 12.0. The van der Waals surface area contributed by atoms with Gasteiger partial charge in [-0.15, -0.1) is 0 Å². The van der Waals surface area contributed by atoms with E-state index in [0.29, 0.717) is 22.0 Å². The van der Waals surface area contributed by atoms with Crippen molar-refractivity contribution in [3.8, 4) is 5.75 Å². The number of benzene rings is 2. The number of carbonyl (C=O) groups is 2. The molecule has 1 saturated heterocycles. The Morgan fingerprint density at radius 1 is 0.976 bits per heavy atom. The first-order chi connectivity index (χ1) is 19.6. The molecule has 0 saturated carbocycles. The molecule has 0 radical (unpaired) electrons. The summed E-state index contributed by atoms with van der Waals surface area (Å²) in [4.78, 5) is 37.3. The van der Waals surface area contributed by atoms with E-state index in [9.17, 15) is 9.59 Å². The molecule has 5 rings (SSSR count). The quantitative estimate of drug-likeness (QED) is 0.376. The highest BCUT2D eigenvalue weighted by molar-refractivity contribution is 6.31. The van der Waals surface area contributed by atoms with Gasteiger partial charge in [-0.1, -0.05) is 17.7 Å². The third kappa shape index (κ3) is 6.12. The molecule has 216 valence electrons. The molecule has 1 aliphatic carbocycles. The number of amides is 3. The van der Waals surface area contributed by atoms with Gasteiger partial charge in [0, 0.05) is 60.9 Å². The van der Waals surface area contributed by atoms with Crippen LogP contribution >= 0.6 is 11.6 Å². The molecule has 1 atom stereocenters. The van der Waals surface area contributed by atoms with Crippen molar-refractivity contribution in [3.05, 3.63) is 81.6 Å². The smallest absolute Gasteiger partial charge is 0.322 e. The van der Waals surface area contributed by atoms with Crippen LogP contribution in [0.2, 0.25) is 5.02 Å². The number of carbonyl (C=O) groups excluding carboxylic acids is 2. The van der Waals surface area contributed by atoms with E-state index in [-0.39, 0.29) is 24.0 Å². The van der Waals surface area contributed by atoms with Crippen LogP contribution in [0.4, 0.5) is 16.2 Å². The number of nitrogens with one attached hydrogen (secondary N) is 1. The molecule has 0 bridgehead atoms. The maximum absolute atomic E-state index is 13.6. The molecule has 2 heterocycles. The summed E-state index contributed by atoms with van der Waals surface area (Å²) in [7, 11) is 5.25. The number of ether oxygens (including phenoxy) is 1. The van der Waals surface area contributed by atoms with Gasteiger partial charge in [-0.25, -0.2) is 4.79 Å². The molecule has 1 aromatic heterocycles. The summed E-state index contributed by atoms with van der Waals surface area (Å²) < 4.78 is 5.38. The Hall–Kier alpha value is -3.78. The minimum absolute atomic E-state index is 0.0169. The number of methoxy groups -OCH3 is 1. The average molecular weight is 576 g/mol. The second-order valence-corrected chi connectivity index (χ2v) is 11.5. The van der Waals surface area contributed by atoms with Gasteiger partial charge in [0.25, 0.3) is 5.91 Å². The first kappa shape index (κ1) is 28.7. The lowest BCUT2D eigenvalue weighted by atomic mass is 10.00. The van der Waals surface area contributed by atoms with Crippen molar-refractivity contribution in [1.29, 1.82) is 0 Å². The first-order valence-corrected chi connectivity index (χ1v) is 14.5. The molecule has 1 aliphatic heterocycles. The molecular weight excluding hydrogens is 538 g/mol. The van der Waals surface area contributed by atoms with E-state index in [0.717, 1.165) is 55.7 Å². The van der Waals surface area contributed by atoms with Crippen molar-refractivity contribution >= 4 is 34.9 Å². The van der Waals surface area contributed by atoms with Crippen LogP contribution in [-0.4, -0.2) is 67.1 Å². The number of aryl methyl sites for hydroxylation is 3. The van der Waals surface area contributed by atoms with E-state index < -0.39 is 0 Å². The van der Waals surface area contributed by atoms with Crippen molar-refractivity contribution in [2.24, 2.45) is 0 Å². The summed E-state index contributed by atoms with van der Waals surface area (Å²) in [5.41, 5.74) is 6.62. The molecule has 2 aliphatic rings. The standard InChI is InChI=1S/C32H38ClN5O3/c1-20-16-26(17-21(2)34-20)38-14-12-25(13-15-38)36(3)31(39)23-7-6-22-8-10-29(27(22)18-23)37(4)32(40)35-28-19-24(33)9-11-30(28)41-5/h6-7,9,11,16-19,25,29H,8,10,12-15H2,1-5H3,(H,35,40). The van der Waals surface area contributed by atoms with Crippen LogP contribution in [-0.2, 0) is 6.42 Å². The van der Waals surface area contributed by atoms with E-state index in [1.165, 1.54) is 11.3 Å². The van der Waals surface area contributed by atoms with E-state index in [2.05, 4.69) is 27.3 Å². The van der Waals surface area contributed by atoms with Crippen molar-refractivity contribution in [2.45, 2.75) is 51.6 Å². The van der Waals surface area contributed by atoms with Gasteiger partial charge in [-0.3, -0.25) is 9.78 Å². The normalized spacial score (nSPS) is 16.7. The number of piperidine rings is 1. The Morgan fingerprint density at radius 3 is 2.37 bits per heavy atom. The number of aromatic nitrogens is 1. The van der Waals surface area contributed by atoms with Gasteiger partial charge in [-0.05, 0) is 93.1 Å². The Morgan fingerprint density at radius 2 is 1.68 bits per heavy atom. The summed E-state index contributed by atoms with van der Waals surface area (Å²) in [6, 6.07) is 15.1. The van der Waals surface area contributed by atoms with Gasteiger partial charge in [0.2, 0.25) is 0 Å². The van der Waals surface area contributed by atoms with Gasteiger partial charge in [0.1, 0.15) is 5.75 Å². The number of hydrogen-bond acceptors (Lipinski definition) is 5. The van der Waals surface area contributed by atoms with Gasteiger partial charge < -0.3 is 24.8 Å². The van der Waals surface area contributed by atoms with E-state index >= 15 is 0 Å². The van der Waals surface area contributed by atoms with Gasteiger partial charge in [0.05, 0.1) is 18.8 Å². The lowest BCUT2D eigenvalue weighted by Gasteiger charge is -2.38. The molecule has 0 spiro atoms. The van der Waals surface area contributed by atoms with Crippen molar-refractivity contribution in [3.63, 3.8) is 0 Å². The number of urea groups is 1. The first-order valence-electron chi connectivity index (χ1n) is 14.1. The average Bonchev–Trinajstić information content (AvgIpc) is 3.39. The highest BCUT2D eigenvalue weighted by atomic mass is 35.5. The number of hydrogen-bond donors (Lipinski definition) is 1. The zero-order chi connectivity index (χ0) is 29.3. The molecule has 1 fully saturated rings. The third-order valence-electron chi connectivity index (χ3n) is 8.39. The molecule has 1 N–H and O–H groups in total. The molecule has 8 nitrogen and oxygen atoms in total. The molecule has 3 amide bonds. The van der Waals surface area contributed by atoms with Crippen LogP contribution < -0.4 is 15.0 Å². The zero-order valence-corrected chi connectivity index (χ0v) is 25.2. The van der Waals surface area contributed by atoms with Gasteiger partial charge >= 0.3 is 6.03 Å². The van der Waals surface area contributed by atoms with Crippen molar-refractivity contribution in [1.82, 2.24) is 14.8 Å². The second-order valence-electron chi connectivity index (χ2n) is 11.1. The topological polar surface area (TPSA) is 78.0 Å². The zero-order valence-electron chi connectivity index (χ0n) is 24.4. The summed E-state index contributed by atoms with van der Waals surface area (Å²) in [6.45, 7) is 5.85. The number of pyridine rings is 1. The van der Waals surface area contributed by atoms with E-state index in [1.807, 2.05) is 44.0 Å². The molecule has 3 aromatic rings. The van der Waals surface area contributed by atoms with Crippen molar-refractivity contribution in [2.75, 3.05) is 44.5 Å². The molecule has 2 aromatic carbocycles. The number of nitrogens with zero attached hydrogens (tertiary/aromatic N) is 4. The Bertz CT molecular complexity index is 1430. The van der Waals surface area contributed by atoms with E-state index in [4.69, 9.17) is 16.3 Å². The third-order valence-corrected chi connectivity index (χ3v) is 8.63. The lowest BCUT2D eigenvalue weighted by molar-refractivity contribution is 0.0709. The van der Waals surface area contributed by atoms with Crippen LogP contribution in [0.3, 0.4) is 0 Å². The number of anilines is 2. The largest absolute Gasteiger partial charge is 0.495 e. The molecule has 41 heavy (non-hydrogen) atoms.